The number of halogens is 6. The topological polar surface area (TPSA) is 0 Å². The highest BCUT2D eigenvalue weighted by atomic mass is 31.1. The van der Waals surface area contributed by atoms with Crippen LogP contribution in [0.5, 0.6) is 0 Å². The quantitative estimate of drug-likeness (QED) is 0.255. The van der Waals surface area contributed by atoms with Gasteiger partial charge in [0.1, 0.15) is 0 Å². The lowest BCUT2D eigenvalue weighted by atomic mass is 10.1. The van der Waals surface area contributed by atoms with Crippen LogP contribution in [0.3, 0.4) is 0 Å². The molecule has 0 heterocycles. The van der Waals surface area contributed by atoms with E-state index in [2.05, 4.69) is 11.6 Å². The smallest absolute Gasteiger partial charge is 0.166 e. The molecule has 0 fully saturated rings. The Morgan fingerprint density at radius 3 is 1.32 bits per heavy atom. The summed E-state index contributed by atoms with van der Waals surface area (Å²) >= 11 is 0. The minimum absolute atomic E-state index is 0.113. The van der Waals surface area contributed by atoms with Gasteiger partial charge in [0.2, 0.25) is 0 Å². The number of hydrogen-bond acceptors (Lipinski definition) is 0. The average molecular weight is 382 g/mol. The van der Waals surface area contributed by atoms with Crippen molar-refractivity contribution in [3.63, 3.8) is 0 Å². The van der Waals surface area contributed by atoms with E-state index in [0.717, 1.165) is 0 Å². The van der Waals surface area contributed by atoms with Gasteiger partial charge < -0.3 is 0 Å². The highest BCUT2D eigenvalue weighted by molar-refractivity contribution is 7.65. The maximum atomic E-state index is 12.9. The molecule has 0 amide bonds. The number of rotatable bonds is 0. The summed E-state index contributed by atoms with van der Waals surface area (Å²) < 4.78 is 77.4. The average Bonchev–Trinajstić information content (AvgIpc) is 2.33. The van der Waals surface area contributed by atoms with E-state index >= 15 is 0 Å². The molecule has 0 saturated carbocycles. The van der Waals surface area contributed by atoms with Crippen LogP contribution in [0.2, 0.25) is 0 Å². The molecule has 0 unspecified atom stereocenters. The van der Waals surface area contributed by atoms with Crippen molar-refractivity contribution in [3.8, 4) is 11.6 Å². The summed E-state index contributed by atoms with van der Waals surface area (Å²) in [6.45, 7) is 11.8. The molecule has 0 N–H and O–H groups in total. The molecule has 1 aromatic carbocycles. The molecule has 0 aliphatic heterocycles. The van der Waals surface area contributed by atoms with Gasteiger partial charge in [-0.05, 0) is 36.4 Å². The van der Waals surface area contributed by atoms with Crippen molar-refractivity contribution < 1.29 is 26.3 Å². The lowest BCUT2D eigenvalue weighted by Crippen LogP contribution is -2.23. The van der Waals surface area contributed by atoms with Crippen LogP contribution in [0.25, 0.3) is 0 Å². The van der Waals surface area contributed by atoms with Gasteiger partial charge in [-0.3, -0.25) is 0 Å². The minimum Gasteiger partial charge on any atom is -0.166 e. The zero-order valence-electron chi connectivity index (χ0n) is 14.9. The predicted octanol–water partition coefficient (Wildman–Crippen LogP) is 7.11. The van der Waals surface area contributed by atoms with Gasteiger partial charge in [0.25, 0.3) is 0 Å². The lowest BCUT2D eigenvalue weighted by molar-refractivity contribution is -0.143. The number of benzene rings is 1. The number of hydrogen-bond donors (Lipinski definition) is 0. The Kier molecular flexibility index (Phi) is 5.97. The summed E-state index contributed by atoms with van der Waals surface area (Å²) in [6, 6.07) is 1.45. The third-order valence-electron chi connectivity index (χ3n) is 3.24. The van der Waals surface area contributed by atoms with Crippen LogP contribution in [-0.2, 0) is 12.4 Å². The Balaban J connectivity index is 3.49. The van der Waals surface area contributed by atoms with Crippen LogP contribution >= 0.6 is 7.92 Å². The third kappa shape index (κ3) is 6.22. The van der Waals surface area contributed by atoms with Crippen molar-refractivity contribution >= 4 is 7.92 Å². The van der Waals surface area contributed by atoms with Crippen molar-refractivity contribution in [1.29, 1.82) is 0 Å². The lowest BCUT2D eigenvalue weighted by Gasteiger charge is -2.37. The fourth-order valence-electron chi connectivity index (χ4n) is 2.49. The highest BCUT2D eigenvalue weighted by Crippen LogP contribution is 2.58. The highest BCUT2D eigenvalue weighted by Gasteiger charge is 2.37. The van der Waals surface area contributed by atoms with Gasteiger partial charge in [-0.1, -0.05) is 53.1 Å². The van der Waals surface area contributed by atoms with Crippen molar-refractivity contribution in [2.24, 2.45) is 0 Å². The van der Waals surface area contributed by atoms with Crippen molar-refractivity contribution in [2.45, 2.75) is 64.2 Å². The SMILES string of the molecule is CC(C)(C)P(C#Cc1cc(C(F)(F)F)cc(C(F)(F)F)c1)C(C)(C)C. The van der Waals surface area contributed by atoms with Crippen LogP contribution in [0.15, 0.2) is 18.2 Å². The zero-order valence-corrected chi connectivity index (χ0v) is 15.8. The molecule has 0 atom stereocenters. The first kappa shape index (κ1) is 21.8. The standard InChI is InChI=1S/C18H21F6P/c1-15(2,3)25(16(4,5)6)8-7-12-9-13(17(19,20)21)11-14(10-12)18(22,23)24/h9-11H,1-6H3. The van der Waals surface area contributed by atoms with Crippen molar-refractivity contribution in [3.05, 3.63) is 34.9 Å². The third-order valence-corrected chi connectivity index (χ3v) is 6.26. The first-order valence-corrected chi connectivity index (χ1v) is 8.88. The van der Waals surface area contributed by atoms with Gasteiger partial charge in [0, 0.05) is 5.56 Å². The first-order chi connectivity index (χ1) is 10.9. The molecule has 0 aliphatic rings. The summed E-state index contributed by atoms with van der Waals surface area (Å²) in [7, 11) is -0.966. The Hall–Kier alpha value is -1.21. The molecule has 25 heavy (non-hydrogen) atoms. The summed E-state index contributed by atoms with van der Waals surface area (Å²) in [4.78, 5) is 0. The molecule has 1 rings (SSSR count). The van der Waals surface area contributed by atoms with Gasteiger partial charge >= 0.3 is 12.4 Å². The molecule has 0 aromatic heterocycles. The van der Waals surface area contributed by atoms with Crippen LogP contribution in [0, 0.1) is 11.6 Å². The molecular weight excluding hydrogens is 361 g/mol. The second-order valence-electron chi connectivity index (χ2n) is 7.71. The van der Waals surface area contributed by atoms with Crippen LogP contribution in [0.4, 0.5) is 26.3 Å². The molecule has 0 spiro atoms. The molecule has 0 nitrogen and oxygen atoms in total. The van der Waals surface area contributed by atoms with Gasteiger partial charge in [-0.2, -0.15) is 26.3 Å². The molecular formula is C18H21F6P. The molecule has 0 aliphatic carbocycles. The maximum Gasteiger partial charge on any atom is 0.416 e. The van der Waals surface area contributed by atoms with Gasteiger partial charge in [0.15, 0.2) is 0 Å². The van der Waals surface area contributed by atoms with E-state index in [1.54, 1.807) is 0 Å². The van der Waals surface area contributed by atoms with E-state index in [9.17, 15) is 26.3 Å². The summed E-state index contributed by atoms with van der Waals surface area (Å²) in [5.74, 6) is 2.56. The first-order valence-electron chi connectivity index (χ1n) is 7.54. The van der Waals surface area contributed by atoms with Crippen LogP contribution in [0.1, 0.15) is 58.2 Å². The van der Waals surface area contributed by atoms with E-state index in [-0.39, 0.29) is 21.9 Å². The van der Waals surface area contributed by atoms with Crippen LogP contribution < -0.4 is 0 Å². The molecule has 0 radical (unpaired) electrons. The van der Waals surface area contributed by atoms with Crippen molar-refractivity contribution in [2.75, 3.05) is 0 Å². The summed E-state index contributed by atoms with van der Waals surface area (Å²) in [5.41, 5.74) is -0.0113. The predicted molar refractivity (Wildman–Crippen MR) is 89.8 cm³/mol. The van der Waals surface area contributed by atoms with Gasteiger partial charge in [-0.25, -0.2) is 0 Å². The second kappa shape index (κ2) is 6.83. The molecule has 0 bridgehead atoms. The Bertz CT molecular complexity index is 629. The Morgan fingerprint density at radius 2 is 1.04 bits per heavy atom. The van der Waals surface area contributed by atoms with Gasteiger partial charge in [0.05, 0.1) is 11.1 Å². The Labute approximate surface area is 145 Å². The fraction of sp³-hybridized carbons (Fsp3) is 0.556. The van der Waals surface area contributed by atoms with E-state index < -0.39 is 31.4 Å². The summed E-state index contributed by atoms with van der Waals surface area (Å²) in [6.07, 6.45) is -9.73. The van der Waals surface area contributed by atoms with Crippen molar-refractivity contribution in [1.82, 2.24) is 0 Å². The number of alkyl halides is 6. The fourth-order valence-corrected chi connectivity index (χ4v) is 5.41. The molecule has 7 heteroatoms. The maximum absolute atomic E-state index is 12.9. The van der Waals surface area contributed by atoms with E-state index in [0.29, 0.717) is 12.1 Å². The Morgan fingerprint density at radius 1 is 0.680 bits per heavy atom. The summed E-state index contributed by atoms with van der Waals surface area (Å²) in [5, 5.41) is -0.426. The molecule has 140 valence electrons. The zero-order chi connectivity index (χ0) is 19.8. The second-order valence-corrected chi connectivity index (χ2v) is 11.3. The van der Waals surface area contributed by atoms with Gasteiger partial charge in [-0.15, -0.1) is 0 Å². The molecule has 1 aromatic rings. The van der Waals surface area contributed by atoms with E-state index in [1.807, 2.05) is 41.5 Å². The van der Waals surface area contributed by atoms with E-state index in [1.165, 1.54) is 0 Å². The normalized spacial score (nSPS) is 13.6. The largest absolute Gasteiger partial charge is 0.416 e. The van der Waals surface area contributed by atoms with Crippen LogP contribution in [-0.4, -0.2) is 10.3 Å². The minimum atomic E-state index is -4.86. The van der Waals surface area contributed by atoms with E-state index in [4.69, 9.17) is 0 Å². The molecule has 0 saturated heterocycles. The monoisotopic (exact) mass is 382 g/mol.